The Kier molecular flexibility index (Phi) is 4.94. The lowest BCUT2D eigenvalue weighted by Gasteiger charge is -2.09. The van der Waals surface area contributed by atoms with Crippen LogP contribution in [0.1, 0.15) is 18.1 Å². The van der Waals surface area contributed by atoms with Gasteiger partial charge in [0.05, 0.1) is 6.54 Å². The number of nitrogens with zero attached hydrogens (tertiary/aromatic N) is 3. The van der Waals surface area contributed by atoms with Crippen LogP contribution in [0.2, 0.25) is 0 Å². The molecule has 0 radical (unpaired) electrons. The molecule has 6 nitrogen and oxygen atoms in total. The SMILES string of the molecule is C/C=C/CSc1nc2c(c(=O)[nH]c(=O)n2C)n1Cc1cccc(C)c1. The monoisotopic (exact) mass is 356 g/mol. The number of H-pyrrole nitrogens is 1. The molecule has 0 saturated carbocycles. The molecule has 0 amide bonds. The highest BCUT2D eigenvalue weighted by Crippen LogP contribution is 2.23. The van der Waals surface area contributed by atoms with Crippen LogP contribution in [-0.2, 0) is 13.6 Å². The van der Waals surface area contributed by atoms with Gasteiger partial charge >= 0.3 is 5.69 Å². The molecule has 0 aliphatic carbocycles. The lowest BCUT2D eigenvalue weighted by molar-refractivity contribution is 0.728. The van der Waals surface area contributed by atoms with E-state index >= 15 is 0 Å². The van der Waals surface area contributed by atoms with Crippen molar-refractivity contribution in [2.24, 2.45) is 7.05 Å². The van der Waals surface area contributed by atoms with Crippen molar-refractivity contribution in [2.45, 2.75) is 25.5 Å². The third-order valence-electron chi connectivity index (χ3n) is 3.94. The number of allylic oxidation sites excluding steroid dienone is 1. The number of rotatable bonds is 5. The standard InChI is InChI=1S/C18H20N4O2S/c1-4-5-9-25-18-19-15-14(16(23)20-17(24)21(15)3)22(18)11-13-8-6-7-12(2)10-13/h4-8,10H,9,11H2,1-3H3,(H,20,23,24)/b5-4+. The van der Waals surface area contributed by atoms with Gasteiger partial charge in [-0.3, -0.25) is 14.3 Å². The number of aromatic amines is 1. The predicted octanol–water partition coefficient (Wildman–Crippen LogP) is 2.45. The van der Waals surface area contributed by atoms with Crippen LogP contribution >= 0.6 is 11.8 Å². The van der Waals surface area contributed by atoms with E-state index in [1.165, 1.54) is 4.57 Å². The second-order valence-electron chi connectivity index (χ2n) is 5.84. The average Bonchev–Trinajstić information content (AvgIpc) is 2.92. The van der Waals surface area contributed by atoms with Gasteiger partial charge in [0, 0.05) is 12.8 Å². The molecule has 3 aromatic rings. The van der Waals surface area contributed by atoms with Gasteiger partial charge in [-0.2, -0.15) is 0 Å². The van der Waals surface area contributed by atoms with Crippen LogP contribution in [0.3, 0.4) is 0 Å². The maximum Gasteiger partial charge on any atom is 0.329 e. The summed E-state index contributed by atoms with van der Waals surface area (Å²) in [4.78, 5) is 31.2. The third kappa shape index (κ3) is 3.46. The summed E-state index contributed by atoms with van der Waals surface area (Å²) < 4.78 is 3.26. The maximum absolute atomic E-state index is 12.4. The highest BCUT2D eigenvalue weighted by Gasteiger charge is 2.17. The van der Waals surface area contributed by atoms with Crippen LogP contribution < -0.4 is 11.2 Å². The first-order valence-electron chi connectivity index (χ1n) is 8.00. The summed E-state index contributed by atoms with van der Waals surface area (Å²) in [5.74, 6) is 0.749. The lowest BCUT2D eigenvalue weighted by Crippen LogP contribution is -2.29. The number of hydrogen-bond acceptors (Lipinski definition) is 4. The Hall–Kier alpha value is -2.54. The molecule has 0 bridgehead atoms. The molecule has 7 heteroatoms. The summed E-state index contributed by atoms with van der Waals surface area (Å²) in [5, 5.41) is 0.723. The maximum atomic E-state index is 12.4. The van der Waals surface area contributed by atoms with Gasteiger partial charge in [-0.15, -0.1) is 0 Å². The van der Waals surface area contributed by atoms with Crippen LogP contribution in [0.15, 0.2) is 51.2 Å². The fourth-order valence-corrected chi connectivity index (χ4v) is 3.58. The molecule has 0 unspecified atom stereocenters. The summed E-state index contributed by atoms with van der Waals surface area (Å²) >= 11 is 1.54. The molecule has 25 heavy (non-hydrogen) atoms. The molecule has 3 rings (SSSR count). The van der Waals surface area contributed by atoms with Crippen molar-refractivity contribution < 1.29 is 0 Å². The van der Waals surface area contributed by atoms with Gasteiger partial charge in [0.2, 0.25) is 0 Å². The van der Waals surface area contributed by atoms with Crippen LogP contribution in [0.5, 0.6) is 0 Å². The molecule has 2 heterocycles. The first-order chi connectivity index (χ1) is 12.0. The zero-order chi connectivity index (χ0) is 18.0. The minimum absolute atomic E-state index is 0.406. The van der Waals surface area contributed by atoms with Crippen LogP contribution in [0, 0.1) is 6.92 Å². The third-order valence-corrected chi connectivity index (χ3v) is 4.87. The molecule has 0 fully saturated rings. The Morgan fingerprint density at radius 1 is 1.32 bits per heavy atom. The Labute approximate surface area is 149 Å². The minimum Gasteiger partial charge on any atom is -0.309 e. The van der Waals surface area contributed by atoms with Gasteiger partial charge in [-0.25, -0.2) is 9.78 Å². The quantitative estimate of drug-likeness (QED) is 0.563. The number of imidazole rings is 1. The molecule has 2 aromatic heterocycles. The number of hydrogen-bond donors (Lipinski definition) is 1. The molecular weight excluding hydrogens is 336 g/mol. The number of nitrogens with one attached hydrogen (secondary N) is 1. The van der Waals surface area contributed by atoms with Crippen LogP contribution in [-0.4, -0.2) is 24.9 Å². The number of thioether (sulfide) groups is 1. The first-order valence-corrected chi connectivity index (χ1v) is 8.99. The number of aromatic nitrogens is 4. The Morgan fingerprint density at radius 2 is 2.12 bits per heavy atom. The summed E-state index contributed by atoms with van der Waals surface area (Å²) in [5.41, 5.74) is 2.21. The van der Waals surface area contributed by atoms with Gasteiger partial charge in [0.25, 0.3) is 5.56 Å². The van der Waals surface area contributed by atoms with E-state index in [9.17, 15) is 9.59 Å². The Morgan fingerprint density at radius 3 is 2.84 bits per heavy atom. The summed E-state index contributed by atoms with van der Waals surface area (Å²) in [6, 6.07) is 8.14. The zero-order valence-corrected chi connectivity index (χ0v) is 15.3. The van der Waals surface area contributed by atoms with Crippen LogP contribution in [0.25, 0.3) is 11.2 Å². The Balaban J connectivity index is 2.18. The molecule has 0 spiro atoms. The van der Waals surface area contributed by atoms with Gasteiger partial charge in [0.1, 0.15) is 0 Å². The van der Waals surface area contributed by atoms with E-state index in [4.69, 9.17) is 0 Å². The number of fused-ring (bicyclic) bond motifs is 1. The second-order valence-corrected chi connectivity index (χ2v) is 6.83. The number of aryl methyl sites for hydroxylation is 2. The van der Waals surface area contributed by atoms with Gasteiger partial charge in [-0.1, -0.05) is 53.7 Å². The second kappa shape index (κ2) is 7.14. The van der Waals surface area contributed by atoms with Crippen molar-refractivity contribution in [2.75, 3.05) is 5.75 Å². The molecule has 0 saturated heterocycles. The zero-order valence-electron chi connectivity index (χ0n) is 14.4. The first kappa shape index (κ1) is 17.3. The van der Waals surface area contributed by atoms with Crippen molar-refractivity contribution in [1.82, 2.24) is 19.1 Å². The topological polar surface area (TPSA) is 72.7 Å². The minimum atomic E-state index is -0.456. The van der Waals surface area contributed by atoms with E-state index in [-0.39, 0.29) is 0 Å². The van der Waals surface area contributed by atoms with Gasteiger partial charge in [0.15, 0.2) is 16.3 Å². The van der Waals surface area contributed by atoms with Crippen molar-refractivity contribution >= 4 is 22.9 Å². The smallest absolute Gasteiger partial charge is 0.309 e. The molecule has 0 atom stereocenters. The van der Waals surface area contributed by atoms with E-state index in [1.54, 1.807) is 18.8 Å². The number of benzene rings is 1. The van der Waals surface area contributed by atoms with E-state index in [0.29, 0.717) is 17.7 Å². The molecule has 1 aromatic carbocycles. The largest absolute Gasteiger partial charge is 0.329 e. The van der Waals surface area contributed by atoms with Crippen molar-refractivity contribution in [3.63, 3.8) is 0 Å². The van der Waals surface area contributed by atoms with E-state index in [2.05, 4.69) is 16.0 Å². The molecule has 0 aliphatic rings. The fourth-order valence-electron chi connectivity index (χ4n) is 2.68. The fraction of sp³-hybridized carbons (Fsp3) is 0.278. The summed E-state index contributed by atoms with van der Waals surface area (Å²) in [6.07, 6.45) is 4.01. The summed E-state index contributed by atoms with van der Waals surface area (Å²) in [6.45, 7) is 4.52. The van der Waals surface area contributed by atoms with E-state index in [1.807, 2.05) is 48.8 Å². The normalized spacial score (nSPS) is 11.6. The lowest BCUT2D eigenvalue weighted by atomic mass is 10.1. The van der Waals surface area contributed by atoms with Gasteiger partial charge in [-0.05, 0) is 19.4 Å². The van der Waals surface area contributed by atoms with E-state index in [0.717, 1.165) is 22.0 Å². The van der Waals surface area contributed by atoms with E-state index < -0.39 is 11.2 Å². The highest BCUT2D eigenvalue weighted by molar-refractivity contribution is 7.99. The highest BCUT2D eigenvalue weighted by atomic mass is 32.2. The van der Waals surface area contributed by atoms with Crippen LogP contribution in [0.4, 0.5) is 0 Å². The molecule has 1 N–H and O–H groups in total. The summed E-state index contributed by atoms with van der Waals surface area (Å²) in [7, 11) is 1.62. The Bertz CT molecular complexity index is 1060. The van der Waals surface area contributed by atoms with Crippen molar-refractivity contribution in [1.29, 1.82) is 0 Å². The van der Waals surface area contributed by atoms with Crippen molar-refractivity contribution in [3.05, 3.63) is 68.4 Å². The van der Waals surface area contributed by atoms with Crippen molar-refractivity contribution in [3.8, 4) is 0 Å². The molecular formula is C18H20N4O2S. The average molecular weight is 356 g/mol. The molecule has 130 valence electrons. The molecule has 0 aliphatic heterocycles. The predicted molar refractivity (Wildman–Crippen MR) is 101 cm³/mol. The van der Waals surface area contributed by atoms with Gasteiger partial charge < -0.3 is 4.57 Å².